The molecule has 2 heterocycles. The number of hydrogen-bond donors (Lipinski definition) is 8. The summed E-state index contributed by atoms with van der Waals surface area (Å²) in [4.78, 5) is 78.9. The van der Waals surface area contributed by atoms with E-state index < -0.39 is 65.5 Å². The summed E-state index contributed by atoms with van der Waals surface area (Å²) in [5.41, 5.74) is 14.4. The molecule has 10 N–H and O–H groups in total. The van der Waals surface area contributed by atoms with Crippen molar-refractivity contribution in [1.29, 1.82) is 0 Å². The molecular formula is C41H61N9O7. The zero-order chi connectivity index (χ0) is 42.3. The van der Waals surface area contributed by atoms with Crippen molar-refractivity contribution in [1.82, 2.24) is 36.2 Å². The number of nitrogens with one attached hydrogen (secondary N) is 5. The van der Waals surface area contributed by atoms with Gasteiger partial charge in [-0.1, -0.05) is 46.2 Å². The number of aliphatic hydroxyl groups is 1. The fraction of sp³-hybridized carbons (Fsp3) is 0.537. The van der Waals surface area contributed by atoms with E-state index in [2.05, 4.69) is 36.2 Å². The summed E-state index contributed by atoms with van der Waals surface area (Å²) >= 11 is 0. The molecule has 0 aliphatic carbocycles. The van der Waals surface area contributed by atoms with Crippen LogP contribution in [0.4, 0.5) is 0 Å². The molecule has 3 aromatic rings. The molecule has 2 aromatic heterocycles. The third kappa shape index (κ3) is 15.0. The van der Waals surface area contributed by atoms with Gasteiger partial charge in [-0.25, -0.2) is 9.78 Å². The van der Waals surface area contributed by atoms with Crippen LogP contribution in [0.25, 0.3) is 0 Å². The van der Waals surface area contributed by atoms with Gasteiger partial charge < -0.3 is 47.6 Å². The van der Waals surface area contributed by atoms with Crippen LogP contribution in [0.3, 0.4) is 0 Å². The third-order valence-electron chi connectivity index (χ3n) is 9.42. The number of ether oxygens (including phenoxy) is 1. The maximum atomic E-state index is 14.1. The van der Waals surface area contributed by atoms with E-state index in [1.54, 1.807) is 63.4 Å². The topological polar surface area (TPSA) is 257 Å². The molecule has 0 radical (unpaired) electrons. The number of nitrogens with zero attached hydrogens (tertiary/aromatic N) is 2. The maximum absolute atomic E-state index is 14.1. The van der Waals surface area contributed by atoms with Crippen molar-refractivity contribution in [2.45, 2.75) is 130 Å². The molecule has 0 saturated heterocycles. The molecule has 0 saturated carbocycles. The molecule has 16 nitrogen and oxygen atoms in total. The SMILES string of the molecule is CC[C@H](C)[C@H](NC(=O)C(NC(=O)[C@H](Cc1cnc[nH]1)NC(=O)[C@@H](N)Cc1ccc(C(=O)OC(C)(C)C)cc1CN)C(O)CCC(C)C)C(=O)NCc1ccccn1. The van der Waals surface area contributed by atoms with Gasteiger partial charge in [0.15, 0.2) is 0 Å². The molecule has 0 fully saturated rings. The second kappa shape index (κ2) is 21.9. The van der Waals surface area contributed by atoms with Crippen LogP contribution in [-0.2, 0) is 49.8 Å². The molecule has 312 valence electrons. The molecule has 0 bridgehead atoms. The highest BCUT2D eigenvalue weighted by Crippen LogP contribution is 2.18. The number of amides is 4. The number of hydrogen-bond acceptors (Lipinski definition) is 11. The van der Waals surface area contributed by atoms with E-state index in [0.717, 1.165) is 0 Å². The zero-order valence-corrected chi connectivity index (χ0v) is 34.1. The number of pyridine rings is 1. The number of imidazole rings is 1. The van der Waals surface area contributed by atoms with Crippen LogP contribution in [0, 0.1) is 11.8 Å². The maximum Gasteiger partial charge on any atom is 0.338 e. The smallest absolute Gasteiger partial charge is 0.338 e. The molecule has 4 amide bonds. The first-order valence-electron chi connectivity index (χ1n) is 19.5. The van der Waals surface area contributed by atoms with Crippen molar-refractivity contribution in [3.8, 4) is 0 Å². The Morgan fingerprint density at radius 3 is 2.21 bits per heavy atom. The minimum Gasteiger partial charge on any atom is -0.456 e. The van der Waals surface area contributed by atoms with Crippen molar-refractivity contribution in [2.75, 3.05) is 0 Å². The van der Waals surface area contributed by atoms with Crippen molar-refractivity contribution in [3.05, 3.63) is 83.2 Å². The van der Waals surface area contributed by atoms with E-state index in [9.17, 15) is 29.1 Å². The molecule has 0 spiro atoms. The lowest BCUT2D eigenvalue weighted by Gasteiger charge is -2.30. The predicted octanol–water partition coefficient (Wildman–Crippen LogP) is 1.95. The number of aliphatic hydroxyl groups excluding tert-OH is 1. The van der Waals surface area contributed by atoms with E-state index in [1.165, 1.54) is 12.5 Å². The summed E-state index contributed by atoms with van der Waals surface area (Å²) in [5.74, 6) is -3.27. The van der Waals surface area contributed by atoms with Gasteiger partial charge in [-0.15, -0.1) is 0 Å². The predicted molar refractivity (Wildman–Crippen MR) is 215 cm³/mol. The Morgan fingerprint density at radius 2 is 1.61 bits per heavy atom. The Hall–Kier alpha value is -5.19. The van der Waals surface area contributed by atoms with Gasteiger partial charge in [0, 0.05) is 31.1 Å². The van der Waals surface area contributed by atoms with E-state index in [1.807, 2.05) is 27.7 Å². The standard InChI is InChI=1S/C41H61N9O7/c1-8-25(4)34(38(54)46-22-29-11-9-10-16-45-29)49-39(55)35(33(51)15-12-24(2)3)50-37(53)32(19-30-21-44-23-47-30)48-36(52)31(43)18-26-13-14-27(17-28(26)20-42)40(56)57-41(5,6)7/h9-11,13-14,16-17,21,23-25,31-35,51H,8,12,15,18-20,22,42-43H2,1-7H3,(H,44,47)(H,46,54)(H,48,52)(H,49,55)(H,50,53)/t25-,31-,32-,33?,34-,35?/m0/s1. The molecule has 2 unspecified atom stereocenters. The first-order valence-corrected chi connectivity index (χ1v) is 19.5. The number of H-pyrrole nitrogens is 1. The van der Waals surface area contributed by atoms with E-state index >= 15 is 0 Å². The summed E-state index contributed by atoms with van der Waals surface area (Å²) in [7, 11) is 0. The lowest BCUT2D eigenvalue weighted by Crippen LogP contribution is -2.62. The first-order chi connectivity index (χ1) is 26.9. The number of rotatable bonds is 21. The molecule has 6 atom stereocenters. The van der Waals surface area contributed by atoms with E-state index in [0.29, 0.717) is 40.9 Å². The lowest BCUT2D eigenvalue weighted by atomic mass is 9.95. The fourth-order valence-electron chi connectivity index (χ4n) is 5.91. The van der Waals surface area contributed by atoms with E-state index in [4.69, 9.17) is 16.2 Å². The molecule has 0 aliphatic heterocycles. The molecular weight excluding hydrogens is 731 g/mol. The Bertz CT molecular complexity index is 1760. The summed E-state index contributed by atoms with van der Waals surface area (Å²) in [6.45, 7) is 13.1. The van der Waals surface area contributed by atoms with Crippen LogP contribution in [0.2, 0.25) is 0 Å². The Labute approximate surface area is 335 Å². The van der Waals surface area contributed by atoms with Crippen LogP contribution in [0.15, 0.2) is 55.1 Å². The molecule has 1 aromatic carbocycles. The highest BCUT2D eigenvalue weighted by Gasteiger charge is 2.36. The summed E-state index contributed by atoms with van der Waals surface area (Å²) in [5, 5.41) is 22.3. The van der Waals surface area contributed by atoms with Gasteiger partial charge in [0.1, 0.15) is 23.7 Å². The lowest BCUT2D eigenvalue weighted by molar-refractivity contribution is -0.136. The van der Waals surface area contributed by atoms with Crippen molar-refractivity contribution in [3.63, 3.8) is 0 Å². The molecule has 3 rings (SSSR count). The third-order valence-corrected chi connectivity index (χ3v) is 9.42. The number of aromatic nitrogens is 3. The molecule has 57 heavy (non-hydrogen) atoms. The van der Waals surface area contributed by atoms with Gasteiger partial charge in [-0.3, -0.25) is 24.2 Å². The van der Waals surface area contributed by atoms with Crippen LogP contribution >= 0.6 is 0 Å². The van der Waals surface area contributed by atoms with Crippen LogP contribution < -0.4 is 32.7 Å². The van der Waals surface area contributed by atoms with Crippen LogP contribution in [0.1, 0.15) is 101 Å². The average molecular weight is 792 g/mol. The zero-order valence-electron chi connectivity index (χ0n) is 34.1. The van der Waals surface area contributed by atoms with Crippen LogP contribution in [0.5, 0.6) is 0 Å². The second-order valence-electron chi connectivity index (χ2n) is 15.8. The number of carbonyl (C=O) groups is 5. The van der Waals surface area contributed by atoms with Gasteiger partial charge in [0.05, 0.1) is 36.3 Å². The van der Waals surface area contributed by atoms with Crippen molar-refractivity contribution in [2.24, 2.45) is 23.3 Å². The fourth-order valence-corrected chi connectivity index (χ4v) is 5.91. The number of benzene rings is 1. The number of nitrogens with two attached hydrogens (primary N) is 2. The van der Waals surface area contributed by atoms with Gasteiger partial charge in [0.2, 0.25) is 23.6 Å². The van der Waals surface area contributed by atoms with Crippen molar-refractivity contribution < 1.29 is 33.8 Å². The summed E-state index contributed by atoms with van der Waals surface area (Å²) in [6.07, 6.45) is 4.46. The van der Waals surface area contributed by atoms with E-state index in [-0.39, 0.29) is 44.2 Å². The van der Waals surface area contributed by atoms with Gasteiger partial charge in [-0.05, 0) is 87.3 Å². The number of carbonyl (C=O) groups excluding carboxylic acids is 5. The quantitative estimate of drug-likeness (QED) is 0.0724. The monoisotopic (exact) mass is 791 g/mol. The van der Waals surface area contributed by atoms with Gasteiger partial charge in [-0.2, -0.15) is 0 Å². The van der Waals surface area contributed by atoms with Gasteiger partial charge >= 0.3 is 5.97 Å². The highest BCUT2D eigenvalue weighted by atomic mass is 16.6. The normalized spacial score (nSPS) is 14.7. The minimum atomic E-state index is -1.48. The molecule has 0 aliphatic rings. The van der Waals surface area contributed by atoms with Gasteiger partial charge in [0.25, 0.3) is 0 Å². The Morgan fingerprint density at radius 1 is 0.895 bits per heavy atom. The highest BCUT2D eigenvalue weighted by molar-refractivity contribution is 5.95. The number of aromatic amines is 1. The number of esters is 1. The molecule has 16 heteroatoms. The van der Waals surface area contributed by atoms with Crippen molar-refractivity contribution >= 4 is 29.6 Å². The summed E-state index contributed by atoms with van der Waals surface area (Å²) in [6, 6.07) is 5.31. The Kier molecular flexibility index (Phi) is 17.8. The van der Waals surface area contributed by atoms with Crippen LogP contribution in [-0.4, -0.2) is 85.5 Å². The second-order valence-corrected chi connectivity index (χ2v) is 15.8. The summed E-state index contributed by atoms with van der Waals surface area (Å²) < 4.78 is 5.47. The first kappa shape index (κ1) is 46.2. The minimum absolute atomic E-state index is 0.0315. The largest absolute Gasteiger partial charge is 0.456 e. The Balaban J connectivity index is 1.83. The average Bonchev–Trinajstić information content (AvgIpc) is 3.69.